The largest absolute Gasteiger partial charge is 0.451 e. The molecule has 1 N–H and O–H groups in total. The normalized spacial score (nSPS) is 15.9. The fraction of sp³-hybridized carbons (Fsp3) is 0.207. The number of likely N-dealkylation sites (tertiary alicyclic amines) is 1. The number of nitrogens with zero attached hydrogens (tertiary/aromatic N) is 2. The van der Waals surface area contributed by atoms with Gasteiger partial charge >= 0.3 is 0 Å². The second-order valence-electron chi connectivity index (χ2n) is 9.18. The van der Waals surface area contributed by atoms with Gasteiger partial charge in [-0.3, -0.25) is 9.59 Å². The van der Waals surface area contributed by atoms with Crippen LogP contribution < -0.4 is 5.32 Å². The van der Waals surface area contributed by atoms with Crippen molar-refractivity contribution in [2.45, 2.75) is 25.2 Å². The van der Waals surface area contributed by atoms with Gasteiger partial charge in [-0.2, -0.15) is 0 Å². The summed E-state index contributed by atoms with van der Waals surface area (Å²) in [6, 6.07) is 24.3. The predicted octanol–water partition coefficient (Wildman–Crippen LogP) is 5.78. The molecule has 0 aliphatic carbocycles. The molecule has 7 heteroatoms. The van der Waals surface area contributed by atoms with Gasteiger partial charge in [-0.05, 0) is 54.8 Å². The first kappa shape index (κ1) is 22.1. The number of fused-ring (bicyclic) bond motifs is 2. The molecule has 180 valence electrons. The van der Waals surface area contributed by atoms with Crippen LogP contribution in [0.15, 0.2) is 87.7 Å². The van der Waals surface area contributed by atoms with E-state index < -0.39 is 0 Å². The average molecular weight is 480 g/mol. The van der Waals surface area contributed by atoms with Gasteiger partial charge in [0.1, 0.15) is 11.1 Å². The summed E-state index contributed by atoms with van der Waals surface area (Å²) >= 11 is 0. The van der Waals surface area contributed by atoms with Crippen molar-refractivity contribution >= 4 is 39.6 Å². The molecule has 36 heavy (non-hydrogen) atoms. The van der Waals surface area contributed by atoms with Gasteiger partial charge in [-0.1, -0.05) is 42.5 Å². The SMILES string of the molecule is O=C(Nc1ccc(CC(=O)N2CCCC(c3nc4ccccc4o3)C2)cc1)c1cc2ccccc2o1. The van der Waals surface area contributed by atoms with E-state index in [1.165, 1.54) is 0 Å². The molecule has 3 aromatic carbocycles. The van der Waals surface area contributed by atoms with Crippen LogP contribution in [0.5, 0.6) is 0 Å². The lowest BCUT2D eigenvalue weighted by atomic mass is 9.97. The summed E-state index contributed by atoms with van der Waals surface area (Å²) in [7, 11) is 0. The number of hydrogen-bond donors (Lipinski definition) is 1. The van der Waals surface area contributed by atoms with Crippen LogP contribution in [0.3, 0.4) is 0 Å². The van der Waals surface area contributed by atoms with Crippen molar-refractivity contribution in [3.63, 3.8) is 0 Å². The van der Waals surface area contributed by atoms with Crippen LogP contribution in [0.1, 0.15) is 40.8 Å². The van der Waals surface area contributed by atoms with Crippen LogP contribution in [-0.4, -0.2) is 34.8 Å². The number of nitrogens with one attached hydrogen (secondary N) is 1. The number of carbonyl (C=O) groups excluding carboxylic acids is 2. The van der Waals surface area contributed by atoms with Crippen molar-refractivity contribution in [3.05, 3.63) is 96.1 Å². The molecule has 5 aromatic rings. The molecule has 1 aliphatic rings. The maximum atomic E-state index is 13.0. The lowest BCUT2D eigenvalue weighted by Crippen LogP contribution is -2.40. The van der Waals surface area contributed by atoms with E-state index >= 15 is 0 Å². The second-order valence-corrected chi connectivity index (χ2v) is 9.18. The molecule has 6 rings (SSSR count). The van der Waals surface area contributed by atoms with Crippen molar-refractivity contribution in [1.82, 2.24) is 9.88 Å². The van der Waals surface area contributed by atoms with Crippen LogP contribution in [0, 0.1) is 0 Å². The minimum Gasteiger partial charge on any atom is -0.451 e. The summed E-state index contributed by atoms with van der Waals surface area (Å²) in [5.41, 5.74) is 3.84. The third-order valence-corrected chi connectivity index (χ3v) is 6.65. The van der Waals surface area contributed by atoms with Crippen molar-refractivity contribution in [2.24, 2.45) is 0 Å². The van der Waals surface area contributed by atoms with Gasteiger partial charge in [0.2, 0.25) is 5.91 Å². The highest BCUT2D eigenvalue weighted by Crippen LogP contribution is 2.29. The zero-order valence-corrected chi connectivity index (χ0v) is 19.6. The van der Waals surface area contributed by atoms with Gasteiger partial charge in [-0.15, -0.1) is 0 Å². The van der Waals surface area contributed by atoms with E-state index in [4.69, 9.17) is 8.83 Å². The molecule has 1 unspecified atom stereocenters. The summed E-state index contributed by atoms with van der Waals surface area (Å²) in [4.78, 5) is 32.2. The summed E-state index contributed by atoms with van der Waals surface area (Å²) < 4.78 is 11.6. The minimum atomic E-state index is -0.311. The molecule has 0 spiro atoms. The molecule has 3 heterocycles. The van der Waals surface area contributed by atoms with Gasteiger partial charge < -0.3 is 19.1 Å². The Balaban J connectivity index is 1.07. The van der Waals surface area contributed by atoms with Crippen molar-refractivity contribution in [1.29, 1.82) is 0 Å². The maximum absolute atomic E-state index is 13.0. The lowest BCUT2D eigenvalue weighted by molar-refractivity contribution is -0.131. The quantitative estimate of drug-likeness (QED) is 0.345. The Morgan fingerprint density at radius 3 is 2.53 bits per heavy atom. The highest BCUT2D eigenvalue weighted by atomic mass is 16.4. The first-order chi connectivity index (χ1) is 17.6. The van der Waals surface area contributed by atoms with E-state index in [9.17, 15) is 9.59 Å². The Morgan fingerprint density at radius 2 is 1.72 bits per heavy atom. The number of piperidine rings is 1. The zero-order valence-electron chi connectivity index (χ0n) is 19.6. The molecular formula is C29H25N3O4. The number of aromatic nitrogens is 1. The topological polar surface area (TPSA) is 88.6 Å². The van der Waals surface area contributed by atoms with Gasteiger partial charge in [0.25, 0.3) is 5.91 Å². The van der Waals surface area contributed by atoms with E-state index in [1.54, 1.807) is 18.2 Å². The molecule has 0 bridgehead atoms. The number of benzene rings is 3. The van der Waals surface area contributed by atoms with E-state index in [1.807, 2.05) is 65.6 Å². The number of furan rings is 1. The summed E-state index contributed by atoms with van der Waals surface area (Å²) in [5.74, 6) is 0.835. The molecule has 1 fully saturated rings. The van der Waals surface area contributed by atoms with E-state index in [-0.39, 0.29) is 23.5 Å². The van der Waals surface area contributed by atoms with Crippen LogP contribution in [-0.2, 0) is 11.2 Å². The summed E-state index contributed by atoms with van der Waals surface area (Å²) in [6.45, 7) is 1.35. The second kappa shape index (κ2) is 9.34. The third-order valence-electron chi connectivity index (χ3n) is 6.65. The molecule has 2 aromatic heterocycles. The standard InChI is InChI=1S/C29H25N3O4/c33-27(32-15-5-7-21(18-32)29-31-23-8-2-4-10-25(23)36-29)16-19-11-13-22(14-12-19)30-28(34)26-17-20-6-1-3-9-24(20)35-26/h1-4,6,8-14,17,21H,5,7,15-16,18H2,(H,30,34). The van der Waals surface area contributed by atoms with Gasteiger partial charge in [0.15, 0.2) is 17.2 Å². The molecular weight excluding hydrogens is 454 g/mol. The highest BCUT2D eigenvalue weighted by Gasteiger charge is 2.28. The molecule has 1 atom stereocenters. The third kappa shape index (κ3) is 4.47. The number of oxazole rings is 1. The summed E-state index contributed by atoms with van der Waals surface area (Å²) in [6.07, 6.45) is 2.18. The van der Waals surface area contributed by atoms with E-state index in [0.29, 0.717) is 30.1 Å². The predicted molar refractivity (Wildman–Crippen MR) is 137 cm³/mol. The van der Waals surface area contributed by atoms with Crippen LogP contribution in [0.2, 0.25) is 0 Å². The molecule has 0 radical (unpaired) electrons. The minimum absolute atomic E-state index is 0.0786. The lowest BCUT2D eigenvalue weighted by Gasteiger charge is -2.31. The van der Waals surface area contributed by atoms with Crippen molar-refractivity contribution in [2.75, 3.05) is 18.4 Å². The number of amides is 2. The highest BCUT2D eigenvalue weighted by molar-refractivity contribution is 6.04. The smallest absolute Gasteiger partial charge is 0.291 e. The first-order valence-corrected chi connectivity index (χ1v) is 12.1. The van der Waals surface area contributed by atoms with E-state index in [0.717, 1.165) is 41.4 Å². The fourth-order valence-corrected chi connectivity index (χ4v) is 4.75. The Labute approximate surface area is 207 Å². The van der Waals surface area contributed by atoms with Crippen LogP contribution in [0.4, 0.5) is 5.69 Å². The Kier molecular flexibility index (Phi) is 5.73. The molecule has 1 saturated heterocycles. The monoisotopic (exact) mass is 479 g/mol. The molecule has 2 amide bonds. The zero-order chi connectivity index (χ0) is 24.5. The van der Waals surface area contributed by atoms with Crippen molar-refractivity contribution < 1.29 is 18.4 Å². The maximum Gasteiger partial charge on any atom is 0.291 e. The van der Waals surface area contributed by atoms with Crippen LogP contribution in [0.25, 0.3) is 22.1 Å². The van der Waals surface area contributed by atoms with Gasteiger partial charge in [0.05, 0.1) is 12.3 Å². The van der Waals surface area contributed by atoms with Crippen molar-refractivity contribution in [3.8, 4) is 0 Å². The molecule has 7 nitrogen and oxygen atoms in total. The number of rotatable bonds is 5. The number of carbonyl (C=O) groups is 2. The Bertz CT molecular complexity index is 1480. The Hall–Kier alpha value is -4.39. The van der Waals surface area contributed by atoms with Gasteiger partial charge in [0, 0.05) is 24.2 Å². The molecule has 1 aliphatic heterocycles. The average Bonchev–Trinajstić information content (AvgIpc) is 3.54. The number of para-hydroxylation sites is 3. The van der Waals surface area contributed by atoms with E-state index in [2.05, 4.69) is 10.3 Å². The number of hydrogen-bond acceptors (Lipinski definition) is 5. The molecule has 0 saturated carbocycles. The number of anilines is 1. The summed E-state index contributed by atoms with van der Waals surface area (Å²) in [5, 5.41) is 3.73. The van der Waals surface area contributed by atoms with Gasteiger partial charge in [-0.25, -0.2) is 4.98 Å². The van der Waals surface area contributed by atoms with Crippen LogP contribution >= 0.6 is 0 Å². The Morgan fingerprint density at radius 1 is 0.944 bits per heavy atom. The first-order valence-electron chi connectivity index (χ1n) is 12.1. The fourth-order valence-electron chi connectivity index (χ4n) is 4.75.